The first kappa shape index (κ1) is 17.3. The second-order valence-corrected chi connectivity index (χ2v) is 6.00. The summed E-state index contributed by atoms with van der Waals surface area (Å²) < 4.78 is 5.73. The molecule has 1 aromatic carbocycles. The number of halogens is 1. The summed E-state index contributed by atoms with van der Waals surface area (Å²) in [6.45, 7) is 6.81. The summed E-state index contributed by atoms with van der Waals surface area (Å²) >= 11 is 5.81. The molecule has 0 saturated carbocycles. The van der Waals surface area contributed by atoms with Crippen molar-refractivity contribution in [2.24, 2.45) is 5.73 Å². The van der Waals surface area contributed by atoms with Gasteiger partial charge in [0.2, 0.25) is 5.91 Å². The van der Waals surface area contributed by atoms with Gasteiger partial charge in [0.15, 0.2) is 5.60 Å². The number of nitrogens with zero attached hydrogens (tertiary/aromatic N) is 1. The molecule has 0 saturated heterocycles. The van der Waals surface area contributed by atoms with Gasteiger partial charge in [-0.15, -0.1) is 0 Å². The van der Waals surface area contributed by atoms with Crippen molar-refractivity contribution in [3.05, 3.63) is 29.3 Å². The zero-order valence-corrected chi connectivity index (χ0v) is 13.5. The van der Waals surface area contributed by atoms with Crippen molar-refractivity contribution in [3.63, 3.8) is 0 Å². The Hall–Kier alpha value is -1.75. The van der Waals surface area contributed by atoms with Crippen LogP contribution in [0.4, 0.5) is 0 Å². The minimum absolute atomic E-state index is 0.135. The fourth-order valence-corrected chi connectivity index (χ4v) is 1.97. The van der Waals surface area contributed by atoms with E-state index in [1.165, 1.54) is 4.90 Å². The van der Waals surface area contributed by atoms with E-state index in [-0.39, 0.29) is 18.5 Å². The van der Waals surface area contributed by atoms with E-state index in [1.54, 1.807) is 38.1 Å². The number of rotatable bonds is 6. The molecule has 0 aromatic heterocycles. The number of nitrogens with two attached hydrogens (primary N) is 1. The molecule has 1 aromatic rings. The van der Waals surface area contributed by atoms with E-state index in [4.69, 9.17) is 22.1 Å². The second-order valence-electron chi connectivity index (χ2n) is 5.56. The lowest BCUT2D eigenvalue weighted by atomic mass is 10.1. The molecule has 0 heterocycles. The largest absolute Gasteiger partial charge is 0.478 e. The van der Waals surface area contributed by atoms with Crippen LogP contribution < -0.4 is 10.5 Å². The number of hydrogen-bond acceptors (Lipinski definition) is 3. The second kappa shape index (κ2) is 6.80. The average molecular weight is 313 g/mol. The van der Waals surface area contributed by atoms with E-state index in [1.807, 2.05) is 13.8 Å². The molecule has 0 spiro atoms. The highest BCUT2D eigenvalue weighted by Crippen LogP contribution is 2.23. The molecule has 21 heavy (non-hydrogen) atoms. The predicted molar refractivity (Wildman–Crippen MR) is 82.2 cm³/mol. The lowest BCUT2D eigenvalue weighted by Crippen LogP contribution is -2.53. The van der Waals surface area contributed by atoms with E-state index in [2.05, 4.69) is 0 Å². The van der Waals surface area contributed by atoms with E-state index < -0.39 is 11.5 Å². The van der Waals surface area contributed by atoms with Crippen molar-refractivity contribution in [1.82, 2.24) is 4.90 Å². The first-order chi connectivity index (χ1) is 9.63. The third-order valence-electron chi connectivity index (χ3n) is 2.91. The highest BCUT2D eigenvalue weighted by molar-refractivity contribution is 6.30. The fourth-order valence-electron chi connectivity index (χ4n) is 1.84. The summed E-state index contributed by atoms with van der Waals surface area (Å²) in [4.78, 5) is 25.1. The Labute approximate surface area is 130 Å². The van der Waals surface area contributed by atoms with Gasteiger partial charge >= 0.3 is 0 Å². The number of primary amides is 1. The highest BCUT2D eigenvalue weighted by Gasteiger charge is 2.36. The van der Waals surface area contributed by atoms with Gasteiger partial charge in [0.1, 0.15) is 5.75 Å². The van der Waals surface area contributed by atoms with E-state index in [0.29, 0.717) is 10.8 Å². The summed E-state index contributed by atoms with van der Waals surface area (Å²) in [5.74, 6) is -0.328. The van der Waals surface area contributed by atoms with E-state index >= 15 is 0 Å². The van der Waals surface area contributed by atoms with Crippen LogP contribution in [0.2, 0.25) is 5.02 Å². The summed E-state index contributed by atoms with van der Waals surface area (Å²) in [5, 5.41) is 0.587. The van der Waals surface area contributed by atoms with Crippen molar-refractivity contribution in [2.45, 2.75) is 39.3 Å². The molecule has 1 rings (SSSR count). The quantitative estimate of drug-likeness (QED) is 0.875. The molecular formula is C15H21ClN2O3. The summed E-state index contributed by atoms with van der Waals surface area (Å²) in [5.41, 5.74) is 4.08. The zero-order valence-electron chi connectivity index (χ0n) is 12.7. The Morgan fingerprint density at radius 2 is 1.81 bits per heavy atom. The van der Waals surface area contributed by atoms with E-state index in [0.717, 1.165) is 0 Å². The smallest absolute Gasteiger partial charge is 0.266 e. The molecule has 0 radical (unpaired) electrons. The maximum absolute atomic E-state index is 12.6. The normalized spacial score (nSPS) is 11.3. The molecule has 0 fully saturated rings. The topological polar surface area (TPSA) is 72.6 Å². The molecule has 0 aliphatic rings. The zero-order chi connectivity index (χ0) is 16.2. The number of benzene rings is 1. The highest BCUT2D eigenvalue weighted by atomic mass is 35.5. The maximum atomic E-state index is 12.6. The Morgan fingerprint density at radius 1 is 1.29 bits per heavy atom. The summed E-state index contributed by atoms with van der Waals surface area (Å²) in [7, 11) is 0. The monoisotopic (exact) mass is 312 g/mol. The number of carbonyl (C=O) groups excluding carboxylic acids is 2. The van der Waals surface area contributed by atoms with Gasteiger partial charge in [0, 0.05) is 11.1 Å². The standard InChI is InChI=1S/C15H21ClN2O3/c1-10(2)18(9-13(17)19)14(20)15(3,4)21-12-7-5-11(16)6-8-12/h5-8,10H,9H2,1-4H3,(H2,17,19). The molecule has 116 valence electrons. The van der Waals surface area contributed by atoms with Crippen LogP contribution in [0.1, 0.15) is 27.7 Å². The summed E-state index contributed by atoms with van der Waals surface area (Å²) in [6.07, 6.45) is 0. The predicted octanol–water partition coefficient (Wildman–Crippen LogP) is 2.22. The Bertz CT molecular complexity index is 512. The Balaban J connectivity index is 2.90. The lowest BCUT2D eigenvalue weighted by molar-refractivity contribution is -0.149. The van der Waals surface area contributed by atoms with Crippen molar-refractivity contribution in [3.8, 4) is 5.75 Å². The third kappa shape index (κ3) is 4.93. The maximum Gasteiger partial charge on any atom is 0.266 e. The van der Waals surface area contributed by atoms with Crippen LogP contribution in [0, 0.1) is 0 Å². The number of ether oxygens (including phenoxy) is 1. The number of amides is 2. The SMILES string of the molecule is CC(C)N(CC(N)=O)C(=O)C(C)(C)Oc1ccc(Cl)cc1. The fraction of sp³-hybridized carbons (Fsp3) is 0.467. The van der Waals surface area contributed by atoms with Gasteiger partial charge < -0.3 is 15.4 Å². The van der Waals surface area contributed by atoms with Crippen LogP contribution >= 0.6 is 11.6 Å². The number of carbonyl (C=O) groups is 2. The molecule has 0 aliphatic heterocycles. The van der Waals surface area contributed by atoms with Crippen molar-refractivity contribution in [2.75, 3.05) is 6.54 Å². The van der Waals surface area contributed by atoms with Crippen LogP contribution in [0.3, 0.4) is 0 Å². The molecule has 0 aliphatic carbocycles. The van der Waals surface area contributed by atoms with E-state index in [9.17, 15) is 9.59 Å². The van der Waals surface area contributed by atoms with Crippen LogP contribution in [-0.4, -0.2) is 34.9 Å². The lowest BCUT2D eigenvalue weighted by Gasteiger charge is -2.34. The first-order valence-corrected chi connectivity index (χ1v) is 7.05. The van der Waals surface area contributed by atoms with Gasteiger partial charge in [-0.1, -0.05) is 11.6 Å². The minimum atomic E-state index is -1.12. The van der Waals surface area contributed by atoms with Crippen molar-refractivity contribution < 1.29 is 14.3 Å². The molecule has 2 amide bonds. The van der Waals surface area contributed by atoms with Crippen LogP contribution in [0.25, 0.3) is 0 Å². The van der Waals surface area contributed by atoms with Crippen molar-refractivity contribution >= 4 is 23.4 Å². The molecule has 5 nitrogen and oxygen atoms in total. The minimum Gasteiger partial charge on any atom is -0.478 e. The molecule has 2 N–H and O–H groups in total. The van der Waals surface area contributed by atoms with Gasteiger partial charge in [0.05, 0.1) is 6.54 Å². The molecule has 0 unspecified atom stereocenters. The molecule has 0 bridgehead atoms. The third-order valence-corrected chi connectivity index (χ3v) is 3.16. The van der Waals surface area contributed by atoms with Crippen LogP contribution in [-0.2, 0) is 9.59 Å². The average Bonchev–Trinajstić information content (AvgIpc) is 2.37. The van der Waals surface area contributed by atoms with Crippen molar-refractivity contribution in [1.29, 1.82) is 0 Å². The molecule has 6 heteroatoms. The van der Waals surface area contributed by atoms with Gasteiger partial charge in [-0.3, -0.25) is 9.59 Å². The molecular weight excluding hydrogens is 292 g/mol. The van der Waals surface area contributed by atoms with Gasteiger partial charge in [-0.25, -0.2) is 0 Å². The Kier molecular flexibility index (Phi) is 5.61. The van der Waals surface area contributed by atoms with Gasteiger partial charge in [-0.2, -0.15) is 0 Å². The van der Waals surface area contributed by atoms with Crippen LogP contribution in [0.15, 0.2) is 24.3 Å². The number of hydrogen-bond donors (Lipinski definition) is 1. The van der Waals surface area contributed by atoms with Gasteiger partial charge in [-0.05, 0) is 52.0 Å². The van der Waals surface area contributed by atoms with Crippen LogP contribution in [0.5, 0.6) is 5.75 Å². The van der Waals surface area contributed by atoms with Gasteiger partial charge in [0.25, 0.3) is 5.91 Å². The summed E-state index contributed by atoms with van der Waals surface area (Å²) in [6, 6.07) is 6.58. The first-order valence-electron chi connectivity index (χ1n) is 6.67. The Morgan fingerprint density at radius 3 is 2.24 bits per heavy atom. The molecule has 0 atom stereocenters.